The van der Waals surface area contributed by atoms with Gasteiger partial charge in [-0.2, -0.15) is 0 Å². The highest BCUT2D eigenvalue weighted by atomic mass is 16.5. The second-order valence-corrected chi connectivity index (χ2v) is 5.18. The summed E-state index contributed by atoms with van der Waals surface area (Å²) in [5.41, 5.74) is -0.175. The molecule has 1 aliphatic rings. The zero-order valence-electron chi connectivity index (χ0n) is 11.6. The molecular formula is C13H26N2O2. The minimum atomic E-state index is -0.175. The van der Waals surface area contributed by atoms with Gasteiger partial charge >= 0.3 is 0 Å². The second kappa shape index (κ2) is 6.36. The van der Waals surface area contributed by atoms with E-state index in [2.05, 4.69) is 12.2 Å². The maximum Gasteiger partial charge on any atom is 0.230 e. The molecule has 1 heterocycles. The molecule has 1 saturated heterocycles. The third kappa shape index (κ3) is 3.19. The van der Waals surface area contributed by atoms with E-state index in [4.69, 9.17) is 4.74 Å². The molecule has 0 aliphatic carbocycles. The molecule has 2 atom stereocenters. The number of carbonyl (C=O) groups excluding carboxylic acids is 1. The average molecular weight is 242 g/mol. The molecule has 0 bridgehead atoms. The Balaban J connectivity index is 2.70. The molecule has 0 saturated carbocycles. The van der Waals surface area contributed by atoms with Gasteiger partial charge in [0, 0.05) is 20.7 Å². The number of hydrogen-bond donors (Lipinski definition) is 1. The minimum Gasteiger partial charge on any atom is -0.383 e. The number of methoxy groups -OCH3 is 1. The molecule has 0 aromatic carbocycles. The fraction of sp³-hybridized carbons (Fsp3) is 0.923. The zero-order chi connectivity index (χ0) is 12.9. The smallest absolute Gasteiger partial charge is 0.230 e. The number of carbonyl (C=O) groups is 1. The Morgan fingerprint density at radius 2 is 2.29 bits per heavy atom. The topological polar surface area (TPSA) is 41.6 Å². The van der Waals surface area contributed by atoms with Crippen LogP contribution in [0.3, 0.4) is 0 Å². The van der Waals surface area contributed by atoms with Gasteiger partial charge in [0.1, 0.15) is 0 Å². The number of amides is 1. The summed E-state index contributed by atoms with van der Waals surface area (Å²) >= 11 is 0. The van der Waals surface area contributed by atoms with Crippen LogP contribution >= 0.6 is 0 Å². The fourth-order valence-electron chi connectivity index (χ4n) is 2.65. The molecule has 1 rings (SSSR count). The minimum absolute atomic E-state index is 0.141. The second-order valence-electron chi connectivity index (χ2n) is 5.18. The van der Waals surface area contributed by atoms with Crippen LogP contribution in [-0.4, -0.2) is 50.7 Å². The third-order valence-electron chi connectivity index (χ3n) is 3.82. The molecule has 4 heteroatoms. The lowest BCUT2D eigenvalue weighted by Crippen LogP contribution is -2.48. The Labute approximate surface area is 105 Å². The number of nitrogens with one attached hydrogen (secondary N) is 1. The summed E-state index contributed by atoms with van der Waals surface area (Å²) in [6, 6.07) is 0.141. The van der Waals surface area contributed by atoms with Gasteiger partial charge in [0.25, 0.3) is 0 Å². The largest absolute Gasteiger partial charge is 0.383 e. The average Bonchev–Trinajstić information content (AvgIpc) is 2.77. The zero-order valence-corrected chi connectivity index (χ0v) is 11.6. The first kappa shape index (κ1) is 14.5. The van der Waals surface area contributed by atoms with E-state index in [0.717, 1.165) is 32.4 Å². The van der Waals surface area contributed by atoms with E-state index in [9.17, 15) is 4.79 Å². The Bertz CT molecular complexity index is 250. The summed E-state index contributed by atoms with van der Waals surface area (Å²) in [5, 5.41) is 3.33. The number of nitrogens with zero attached hydrogens (tertiary/aromatic N) is 1. The molecule has 4 nitrogen and oxygen atoms in total. The van der Waals surface area contributed by atoms with E-state index in [1.807, 2.05) is 18.9 Å². The van der Waals surface area contributed by atoms with Gasteiger partial charge in [-0.3, -0.25) is 4.79 Å². The monoisotopic (exact) mass is 242 g/mol. The number of hydrogen-bond acceptors (Lipinski definition) is 3. The van der Waals surface area contributed by atoms with E-state index in [1.165, 1.54) is 0 Å². The van der Waals surface area contributed by atoms with Crippen LogP contribution in [0.25, 0.3) is 0 Å². The number of rotatable bonds is 6. The first-order valence-electron chi connectivity index (χ1n) is 6.54. The van der Waals surface area contributed by atoms with Gasteiger partial charge in [-0.25, -0.2) is 0 Å². The standard InChI is InChI=1S/C13H26N2O2/c1-5-6-13(7-8-14-10-13)12(16)15(3)11(2)9-17-4/h11,14H,5-10H2,1-4H3. The van der Waals surface area contributed by atoms with Crippen LogP contribution < -0.4 is 5.32 Å². The molecule has 0 radical (unpaired) electrons. The molecule has 1 aliphatic heterocycles. The molecule has 1 N–H and O–H groups in total. The molecule has 0 aromatic rings. The van der Waals surface area contributed by atoms with Crippen molar-refractivity contribution >= 4 is 5.91 Å². The Hall–Kier alpha value is -0.610. The van der Waals surface area contributed by atoms with Crippen LogP contribution in [-0.2, 0) is 9.53 Å². The van der Waals surface area contributed by atoms with Gasteiger partial charge in [0.05, 0.1) is 18.1 Å². The molecule has 17 heavy (non-hydrogen) atoms. The van der Waals surface area contributed by atoms with Crippen molar-refractivity contribution < 1.29 is 9.53 Å². The van der Waals surface area contributed by atoms with Crippen molar-refractivity contribution in [2.45, 2.75) is 39.2 Å². The van der Waals surface area contributed by atoms with Gasteiger partial charge in [0.2, 0.25) is 5.91 Å². The Kier molecular flexibility index (Phi) is 5.40. The van der Waals surface area contributed by atoms with Gasteiger partial charge in [-0.05, 0) is 26.3 Å². The van der Waals surface area contributed by atoms with E-state index < -0.39 is 0 Å². The van der Waals surface area contributed by atoms with E-state index in [1.54, 1.807) is 7.11 Å². The maximum atomic E-state index is 12.6. The molecule has 0 aromatic heterocycles. The summed E-state index contributed by atoms with van der Waals surface area (Å²) in [7, 11) is 3.56. The van der Waals surface area contributed by atoms with Crippen LogP contribution in [0.15, 0.2) is 0 Å². The van der Waals surface area contributed by atoms with Crippen molar-refractivity contribution in [2.75, 3.05) is 33.9 Å². The molecular weight excluding hydrogens is 216 g/mol. The van der Waals surface area contributed by atoms with Crippen molar-refractivity contribution in [1.82, 2.24) is 10.2 Å². The van der Waals surface area contributed by atoms with Crippen LogP contribution in [0, 0.1) is 5.41 Å². The highest BCUT2D eigenvalue weighted by Gasteiger charge is 2.42. The highest BCUT2D eigenvalue weighted by Crippen LogP contribution is 2.33. The van der Waals surface area contributed by atoms with E-state index >= 15 is 0 Å². The first-order valence-corrected chi connectivity index (χ1v) is 6.54. The summed E-state index contributed by atoms with van der Waals surface area (Å²) in [6.45, 7) is 6.55. The molecule has 2 unspecified atom stereocenters. The first-order chi connectivity index (χ1) is 8.07. The predicted octanol–water partition coefficient (Wildman–Crippen LogP) is 1.26. The predicted molar refractivity (Wildman–Crippen MR) is 68.9 cm³/mol. The molecule has 100 valence electrons. The lowest BCUT2D eigenvalue weighted by molar-refractivity contribution is -0.143. The Morgan fingerprint density at radius 3 is 2.76 bits per heavy atom. The normalized spacial score (nSPS) is 25.9. The van der Waals surface area contributed by atoms with Gasteiger partial charge in [-0.15, -0.1) is 0 Å². The van der Waals surface area contributed by atoms with Crippen LogP contribution in [0.5, 0.6) is 0 Å². The van der Waals surface area contributed by atoms with Gasteiger partial charge in [-0.1, -0.05) is 13.3 Å². The third-order valence-corrected chi connectivity index (χ3v) is 3.82. The Morgan fingerprint density at radius 1 is 1.59 bits per heavy atom. The summed E-state index contributed by atoms with van der Waals surface area (Å²) in [4.78, 5) is 14.5. The maximum absolute atomic E-state index is 12.6. The van der Waals surface area contributed by atoms with Crippen molar-refractivity contribution in [2.24, 2.45) is 5.41 Å². The lowest BCUT2D eigenvalue weighted by atomic mass is 9.81. The van der Waals surface area contributed by atoms with Crippen molar-refractivity contribution in [3.63, 3.8) is 0 Å². The fourth-order valence-corrected chi connectivity index (χ4v) is 2.65. The van der Waals surface area contributed by atoms with E-state index in [-0.39, 0.29) is 17.4 Å². The number of ether oxygens (including phenoxy) is 1. The van der Waals surface area contributed by atoms with Crippen molar-refractivity contribution in [3.05, 3.63) is 0 Å². The van der Waals surface area contributed by atoms with Gasteiger partial charge < -0.3 is 15.0 Å². The SMILES string of the molecule is CCCC1(C(=O)N(C)C(C)COC)CCNC1. The molecule has 1 amide bonds. The molecule has 1 fully saturated rings. The summed E-state index contributed by atoms with van der Waals surface area (Å²) < 4.78 is 5.12. The van der Waals surface area contributed by atoms with Crippen molar-refractivity contribution in [3.8, 4) is 0 Å². The van der Waals surface area contributed by atoms with E-state index in [0.29, 0.717) is 6.61 Å². The van der Waals surface area contributed by atoms with Crippen molar-refractivity contribution in [1.29, 1.82) is 0 Å². The lowest BCUT2D eigenvalue weighted by Gasteiger charge is -2.34. The quantitative estimate of drug-likeness (QED) is 0.762. The highest BCUT2D eigenvalue weighted by molar-refractivity contribution is 5.83. The summed E-state index contributed by atoms with van der Waals surface area (Å²) in [5.74, 6) is 0.272. The van der Waals surface area contributed by atoms with Gasteiger partial charge in [0.15, 0.2) is 0 Å². The van der Waals surface area contributed by atoms with Crippen LogP contribution in [0.4, 0.5) is 0 Å². The van der Waals surface area contributed by atoms with Crippen LogP contribution in [0.2, 0.25) is 0 Å². The van der Waals surface area contributed by atoms with Crippen LogP contribution in [0.1, 0.15) is 33.1 Å². The summed E-state index contributed by atoms with van der Waals surface area (Å²) in [6.07, 6.45) is 2.99. The molecule has 0 spiro atoms. The number of likely N-dealkylation sites (N-methyl/N-ethyl adjacent to an activating group) is 1.